The zero-order valence-corrected chi connectivity index (χ0v) is 9.17. The third-order valence-electron chi connectivity index (χ3n) is 2.36. The Labute approximate surface area is 85.2 Å². The van der Waals surface area contributed by atoms with Gasteiger partial charge < -0.3 is 15.8 Å². The predicted molar refractivity (Wildman–Crippen MR) is 54.8 cm³/mol. The van der Waals surface area contributed by atoms with Gasteiger partial charge in [-0.2, -0.15) is 0 Å². The Hall–Kier alpha value is -0.610. The molecule has 1 aliphatic rings. The SMILES string of the molecule is CC1CCOC1C(=O)NCC(C)(C)N. The molecule has 1 heterocycles. The number of rotatable bonds is 3. The summed E-state index contributed by atoms with van der Waals surface area (Å²) in [7, 11) is 0. The molecule has 14 heavy (non-hydrogen) atoms. The van der Waals surface area contributed by atoms with Crippen molar-refractivity contribution in [2.45, 2.75) is 38.8 Å². The summed E-state index contributed by atoms with van der Waals surface area (Å²) in [5.74, 6) is 0.282. The number of hydrogen-bond acceptors (Lipinski definition) is 3. The van der Waals surface area contributed by atoms with Crippen molar-refractivity contribution in [3.05, 3.63) is 0 Å². The van der Waals surface area contributed by atoms with Crippen molar-refractivity contribution in [3.63, 3.8) is 0 Å². The third-order valence-corrected chi connectivity index (χ3v) is 2.36. The van der Waals surface area contributed by atoms with Crippen molar-refractivity contribution in [1.82, 2.24) is 5.32 Å². The van der Waals surface area contributed by atoms with Gasteiger partial charge in [0.1, 0.15) is 6.10 Å². The molecule has 82 valence electrons. The Bertz CT molecular complexity index is 211. The highest BCUT2D eigenvalue weighted by molar-refractivity contribution is 5.81. The maximum absolute atomic E-state index is 11.6. The maximum atomic E-state index is 11.6. The highest BCUT2D eigenvalue weighted by Gasteiger charge is 2.31. The largest absolute Gasteiger partial charge is 0.368 e. The van der Waals surface area contributed by atoms with Gasteiger partial charge in [0.25, 0.3) is 0 Å². The monoisotopic (exact) mass is 200 g/mol. The molecular weight excluding hydrogens is 180 g/mol. The molecule has 1 saturated heterocycles. The van der Waals surface area contributed by atoms with Gasteiger partial charge in [-0.1, -0.05) is 6.92 Å². The number of carbonyl (C=O) groups is 1. The summed E-state index contributed by atoms with van der Waals surface area (Å²) in [4.78, 5) is 11.6. The first-order valence-corrected chi connectivity index (χ1v) is 5.08. The topological polar surface area (TPSA) is 64.3 Å². The van der Waals surface area contributed by atoms with Gasteiger partial charge in [0.05, 0.1) is 0 Å². The molecule has 0 aromatic rings. The first kappa shape index (κ1) is 11.5. The van der Waals surface area contributed by atoms with Crippen LogP contribution in [-0.2, 0) is 9.53 Å². The van der Waals surface area contributed by atoms with E-state index in [9.17, 15) is 4.79 Å². The van der Waals surface area contributed by atoms with E-state index in [1.807, 2.05) is 20.8 Å². The van der Waals surface area contributed by atoms with Crippen molar-refractivity contribution in [3.8, 4) is 0 Å². The van der Waals surface area contributed by atoms with Crippen LogP contribution in [0.5, 0.6) is 0 Å². The molecule has 1 rings (SSSR count). The second kappa shape index (κ2) is 4.28. The molecule has 1 amide bonds. The minimum absolute atomic E-state index is 0.0338. The van der Waals surface area contributed by atoms with Gasteiger partial charge in [-0.05, 0) is 26.2 Å². The smallest absolute Gasteiger partial charge is 0.249 e. The minimum Gasteiger partial charge on any atom is -0.368 e. The molecule has 0 spiro atoms. The van der Waals surface area contributed by atoms with Crippen LogP contribution in [0.2, 0.25) is 0 Å². The van der Waals surface area contributed by atoms with E-state index in [1.165, 1.54) is 0 Å². The lowest BCUT2D eigenvalue weighted by atomic mass is 10.0. The summed E-state index contributed by atoms with van der Waals surface area (Å²) >= 11 is 0. The normalized spacial score (nSPS) is 27.7. The lowest BCUT2D eigenvalue weighted by Gasteiger charge is -2.21. The minimum atomic E-state index is -0.364. The second-order valence-corrected chi connectivity index (χ2v) is 4.76. The third kappa shape index (κ3) is 3.27. The standard InChI is InChI=1S/C10H20N2O2/c1-7-4-5-14-8(7)9(13)12-6-10(2,3)11/h7-8H,4-6,11H2,1-3H3,(H,12,13). The van der Waals surface area contributed by atoms with Gasteiger partial charge in [0, 0.05) is 18.7 Å². The molecule has 4 heteroatoms. The summed E-state index contributed by atoms with van der Waals surface area (Å²) in [5, 5.41) is 2.81. The highest BCUT2D eigenvalue weighted by atomic mass is 16.5. The number of amides is 1. The Balaban J connectivity index is 2.35. The van der Waals surface area contributed by atoms with Crippen LogP contribution < -0.4 is 11.1 Å². The van der Waals surface area contributed by atoms with Crippen molar-refractivity contribution in [2.24, 2.45) is 11.7 Å². The molecule has 0 saturated carbocycles. The Morgan fingerprint density at radius 1 is 1.64 bits per heavy atom. The average Bonchev–Trinajstić information content (AvgIpc) is 2.46. The van der Waals surface area contributed by atoms with E-state index in [0.29, 0.717) is 19.1 Å². The molecule has 0 aromatic heterocycles. The van der Waals surface area contributed by atoms with Crippen molar-refractivity contribution in [2.75, 3.05) is 13.2 Å². The van der Waals surface area contributed by atoms with Gasteiger partial charge in [0.15, 0.2) is 0 Å². The van der Waals surface area contributed by atoms with Crippen molar-refractivity contribution >= 4 is 5.91 Å². The number of carbonyl (C=O) groups excluding carboxylic acids is 1. The summed E-state index contributed by atoms with van der Waals surface area (Å²) in [6, 6.07) is 0. The number of nitrogens with two attached hydrogens (primary N) is 1. The fourth-order valence-electron chi connectivity index (χ4n) is 1.45. The van der Waals surface area contributed by atoms with Gasteiger partial charge in [-0.15, -0.1) is 0 Å². The molecule has 0 aliphatic carbocycles. The van der Waals surface area contributed by atoms with Crippen LogP contribution >= 0.6 is 0 Å². The fourth-order valence-corrected chi connectivity index (χ4v) is 1.45. The lowest BCUT2D eigenvalue weighted by molar-refractivity contribution is -0.131. The quantitative estimate of drug-likeness (QED) is 0.687. The second-order valence-electron chi connectivity index (χ2n) is 4.76. The fraction of sp³-hybridized carbons (Fsp3) is 0.900. The molecule has 0 radical (unpaired) electrons. The molecule has 2 unspecified atom stereocenters. The Kier molecular flexibility index (Phi) is 3.50. The van der Waals surface area contributed by atoms with E-state index < -0.39 is 0 Å². The van der Waals surface area contributed by atoms with Gasteiger partial charge in [-0.3, -0.25) is 4.79 Å². The highest BCUT2D eigenvalue weighted by Crippen LogP contribution is 2.19. The average molecular weight is 200 g/mol. The molecule has 3 N–H and O–H groups in total. The summed E-state index contributed by atoms with van der Waals surface area (Å²) < 4.78 is 5.34. The molecular formula is C10H20N2O2. The predicted octanol–water partition coefficient (Wildman–Crippen LogP) is 0.265. The van der Waals surface area contributed by atoms with Crippen molar-refractivity contribution < 1.29 is 9.53 Å². The van der Waals surface area contributed by atoms with Gasteiger partial charge in [0.2, 0.25) is 5.91 Å². The molecule has 0 bridgehead atoms. The molecule has 0 aromatic carbocycles. The van der Waals surface area contributed by atoms with Crippen LogP contribution in [-0.4, -0.2) is 30.7 Å². The van der Waals surface area contributed by atoms with Crippen LogP contribution in [0.25, 0.3) is 0 Å². The molecule has 2 atom stereocenters. The number of ether oxygens (including phenoxy) is 1. The van der Waals surface area contributed by atoms with Gasteiger partial charge in [-0.25, -0.2) is 0 Å². The van der Waals surface area contributed by atoms with E-state index in [1.54, 1.807) is 0 Å². The zero-order chi connectivity index (χ0) is 10.8. The summed E-state index contributed by atoms with van der Waals surface area (Å²) in [6.07, 6.45) is 0.682. The van der Waals surface area contributed by atoms with Crippen LogP contribution in [0, 0.1) is 5.92 Å². The number of nitrogens with one attached hydrogen (secondary N) is 1. The summed E-state index contributed by atoms with van der Waals surface area (Å²) in [5.41, 5.74) is 5.40. The molecule has 1 aliphatic heterocycles. The molecule has 4 nitrogen and oxygen atoms in total. The lowest BCUT2D eigenvalue weighted by Crippen LogP contribution is -2.48. The Morgan fingerprint density at radius 2 is 2.29 bits per heavy atom. The molecule has 1 fully saturated rings. The Morgan fingerprint density at radius 3 is 2.71 bits per heavy atom. The first-order valence-electron chi connectivity index (χ1n) is 5.08. The van der Waals surface area contributed by atoms with E-state index in [2.05, 4.69) is 5.32 Å². The maximum Gasteiger partial charge on any atom is 0.249 e. The summed E-state index contributed by atoms with van der Waals surface area (Å²) in [6.45, 7) is 6.97. The van der Waals surface area contributed by atoms with Crippen LogP contribution in [0.1, 0.15) is 27.2 Å². The zero-order valence-electron chi connectivity index (χ0n) is 9.17. The van der Waals surface area contributed by atoms with E-state index in [-0.39, 0.29) is 17.6 Å². The first-order chi connectivity index (χ1) is 6.40. The van der Waals surface area contributed by atoms with Crippen LogP contribution in [0.3, 0.4) is 0 Å². The van der Waals surface area contributed by atoms with Crippen LogP contribution in [0.4, 0.5) is 0 Å². The van der Waals surface area contributed by atoms with E-state index in [4.69, 9.17) is 10.5 Å². The van der Waals surface area contributed by atoms with E-state index in [0.717, 1.165) is 6.42 Å². The van der Waals surface area contributed by atoms with Crippen LogP contribution in [0.15, 0.2) is 0 Å². The van der Waals surface area contributed by atoms with Crippen molar-refractivity contribution in [1.29, 1.82) is 0 Å². The van der Waals surface area contributed by atoms with E-state index >= 15 is 0 Å². The van der Waals surface area contributed by atoms with Gasteiger partial charge >= 0.3 is 0 Å². The number of hydrogen-bond donors (Lipinski definition) is 2.